The molecule has 3 rings (SSSR count). The van der Waals surface area contributed by atoms with Crippen LogP contribution in [0.15, 0.2) is 52.9 Å². The van der Waals surface area contributed by atoms with Crippen LogP contribution in [0.1, 0.15) is 65.3 Å². The van der Waals surface area contributed by atoms with E-state index in [0.717, 1.165) is 12.1 Å². The van der Waals surface area contributed by atoms with Gasteiger partial charge in [0.25, 0.3) is 11.5 Å². The van der Waals surface area contributed by atoms with Gasteiger partial charge < -0.3 is 15.2 Å². The second kappa shape index (κ2) is 13.2. The topological polar surface area (TPSA) is 76.0 Å². The Kier molecular flexibility index (Phi) is 11.1. The average Bonchev–Trinajstić information content (AvgIpc) is 3.23. The predicted octanol–water partition coefficient (Wildman–Crippen LogP) is 5.37. The van der Waals surface area contributed by atoms with Crippen LogP contribution in [0.25, 0.3) is 0 Å². The molecule has 1 amide bonds. The highest BCUT2D eigenvalue weighted by atomic mass is 19.1. The van der Waals surface area contributed by atoms with Crippen LogP contribution in [0.4, 0.5) is 19.1 Å². The molecule has 1 atom stereocenters. The number of carbonyl (C=O) groups is 1. The van der Waals surface area contributed by atoms with E-state index < -0.39 is 35.0 Å². The molecular weight excluding hydrogens is 433 g/mol. The quantitative estimate of drug-likeness (QED) is 0.583. The van der Waals surface area contributed by atoms with E-state index in [1.807, 2.05) is 27.7 Å². The van der Waals surface area contributed by atoms with Crippen LogP contribution in [0.5, 0.6) is 0 Å². The number of aromatic nitrogens is 2. The van der Waals surface area contributed by atoms with Crippen LogP contribution in [-0.2, 0) is 11.2 Å². The van der Waals surface area contributed by atoms with E-state index in [0.29, 0.717) is 18.5 Å². The summed E-state index contributed by atoms with van der Waals surface area (Å²) < 4.78 is 42.5. The lowest BCUT2D eigenvalue weighted by molar-refractivity contribution is -0.118. The number of amides is 1. The minimum atomic E-state index is -0.931. The van der Waals surface area contributed by atoms with Crippen LogP contribution in [0.2, 0.25) is 0 Å². The SMILES string of the molecule is C/C=C(/F)C(=O)N/C(C)=C/Nc1nc(=O)cc2n1C(c1ccc(F)cc1F)CC2.CC.CC. The molecule has 1 aromatic carbocycles. The number of fused-ring (bicyclic) bond motifs is 1. The van der Waals surface area contributed by atoms with E-state index in [1.54, 1.807) is 4.57 Å². The monoisotopic (exact) mass is 464 g/mol. The molecule has 2 heterocycles. The lowest BCUT2D eigenvalue weighted by atomic mass is 10.0. The largest absolute Gasteiger partial charge is 0.330 e. The molecular formula is C24H31F3N4O2. The third-order valence-electron chi connectivity index (χ3n) is 4.55. The number of anilines is 1. The number of hydrogen-bond donors (Lipinski definition) is 2. The first-order chi connectivity index (χ1) is 15.8. The fourth-order valence-corrected chi connectivity index (χ4v) is 3.24. The lowest BCUT2D eigenvalue weighted by Gasteiger charge is -2.20. The first-order valence-electron chi connectivity index (χ1n) is 10.9. The lowest BCUT2D eigenvalue weighted by Crippen LogP contribution is -2.23. The van der Waals surface area contributed by atoms with E-state index in [2.05, 4.69) is 15.6 Å². The number of aryl methyl sites for hydroxylation is 1. The summed E-state index contributed by atoms with van der Waals surface area (Å²) >= 11 is 0. The van der Waals surface area contributed by atoms with E-state index in [4.69, 9.17) is 0 Å². The zero-order valence-corrected chi connectivity index (χ0v) is 19.8. The number of carbonyl (C=O) groups excluding carboxylic acids is 1. The van der Waals surface area contributed by atoms with Gasteiger partial charge in [0.1, 0.15) is 11.6 Å². The Balaban J connectivity index is 0.00000129. The van der Waals surface area contributed by atoms with Gasteiger partial charge in [-0.05, 0) is 38.8 Å². The number of rotatable bonds is 5. The highest BCUT2D eigenvalue weighted by molar-refractivity contribution is 5.92. The zero-order valence-electron chi connectivity index (χ0n) is 19.8. The molecule has 1 aliphatic heterocycles. The van der Waals surface area contributed by atoms with Crippen LogP contribution in [0.3, 0.4) is 0 Å². The van der Waals surface area contributed by atoms with Gasteiger partial charge >= 0.3 is 0 Å². The van der Waals surface area contributed by atoms with Gasteiger partial charge in [-0.1, -0.05) is 33.8 Å². The van der Waals surface area contributed by atoms with Gasteiger partial charge in [0, 0.05) is 35.3 Å². The Morgan fingerprint density at radius 2 is 1.85 bits per heavy atom. The molecule has 180 valence electrons. The number of nitrogens with zero attached hydrogens (tertiary/aromatic N) is 2. The molecule has 0 aliphatic carbocycles. The predicted molar refractivity (Wildman–Crippen MR) is 124 cm³/mol. The van der Waals surface area contributed by atoms with Crippen molar-refractivity contribution in [1.82, 2.24) is 14.9 Å². The summed E-state index contributed by atoms with van der Waals surface area (Å²) in [6.45, 7) is 10.9. The number of benzene rings is 1. The van der Waals surface area contributed by atoms with Crippen LogP contribution >= 0.6 is 0 Å². The molecule has 9 heteroatoms. The van der Waals surface area contributed by atoms with Gasteiger partial charge in [0.2, 0.25) is 5.95 Å². The van der Waals surface area contributed by atoms with Crippen molar-refractivity contribution in [1.29, 1.82) is 0 Å². The van der Waals surface area contributed by atoms with Crippen molar-refractivity contribution in [3.8, 4) is 0 Å². The van der Waals surface area contributed by atoms with Crippen LogP contribution in [0, 0.1) is 11.6 Å². The first-order valence-corrected chi connectivity index (χ1v) is 10.9. The van der Waals surface area contributed by atoms with Crippen LogP contribution in [-0.4, -0.2) is 15.5 Å². The van der Waals surface area contributed by atoms with Crippen molar-refractivity contribution in [3.05, 3.63) is 81.3 Å². The third-order valence-corrected chi connectivity index (χ3v) is 4.55. The van der Waals surface area contributed by atoms with Crippen LogP contribution < -0.4 is 16.2 Å². The summed E-state index contributed by atoms with van der Waals surface area (Å²) in [4.78, 5) is 27.4. The third kappa shape index (κ3) is 7.06. The Labute approximate surface area is 192 Å². The Morgan fingerprint density at radius 1 is 1.18 bits per heavy atom. The number of halogens is 3. The summed E-state index contributed by atoms with van der Waals surface area (Å²) in [6, 6.07) is 4.24. The molecule has 0 spiro atoms. The zero-order chi connectivity index (χ0) is 25.1. The van der Waals surface area contributed by atoms with E-state index in [-0.39, 0.29) is 17.2 Å². The molecule has 6 nitrogen and oxygen atoms in total. The summed E-state index contributed by atoms with van der Waals surface area (Å²) in [5.41, 5.74) is 0.732. The standard InChI is InChI=1S/C20H19F3N4O2.2C2H6/c1-3-15(22)19(29)25-11(2)10-24-20-26-18(28)9-13-5-7-17(27(13)20)14-6-4-12(21)8-16(14)23;2*1-2/h3-4,6,8-10,17H,5,7H2,1-2H3,(H,25,29)(H,24,26,28);2*1-2H3/b11-10+,15-3+;;. The fourth-order valence-electron chi connectivity index (χ4n) is 3.24. The van der Waals surface area contributed by atoms with E-state index in [1.165, 1.54) is 38.2 Å². The Morgan fingerprint density at radius 3 is 2.45 bits per heavy atom. The summed E-state index contributed by atoms with van der Waals surface area (Å²) in [5, 5.41) is 5.16. The van der Waals surface area contributed by atoms with Gasteiger partial charge in [-0.3, -0.25) is 9.59 Å². The summed E-state index contributed by atoms with van der Waals surface area (Å²) in [5.74, 6) is -3.06. The smallest absolute Gasteiger partial charge is 0.283 e. The second-order valence-corrected chi connectivity index (χ2v) is 6.56. The molecule has 2 aromatic rings. The van der Waals surface area contributed by atoms with Gasteiger partial charge in [-0.2, -0.15) is 4.98 Å². The Bertz CT molecular complexity index is 1080. The van der Waals surface area contributed by atoms with Crippen molar-refractivity contribution in [3.63, 3.8) is 0 Å². The summed E-state index contributed by atoms with van der Waals surface area (Å²) in [6.07, 6.45) is 3.41. The average molecular weight is 465 g/mol. The maximum atomic E-state index is 14.3. The van der Waals surface area contributed by atoms with Crippen molar-refractivity contribution >= 4 is 11.9 Å². The van der Waals surface area contributed by atoms with Gasteiger partial charge in [0.05, 0.1) is 6.04 Å². The van der Waals surface area contributed by atoms with Crippen molar-refractivity contribution in [2.45, 2.75) is 60.4 Å². The summed E-state index contributed by atoms with van der Waals surface area (Å²) in [7, 11) is 0. The maximum absolute atomic E-state index is 14.3. The molecule has 0 saturated heterocycles. The van der Waals surface area contributed by atoms with E-state index >= 15 is 0 Å². The highest BCUT2D eigenvalue weighted by Crippen LogP contribution is 2.35. The molecule has 0 fully saturated rings. The fraction of sp³-hybridized carbons (Fsp3) is 0.375. The maximum Gasteiger partial charge on any atom is 0.283 e. The molecule has 1 aliphatic rings. The minimum absolute atomic E-state index is 0.138. The first kappa shape index (κ1) is 27.7. The molecule has 0 bridgehead atoms. The number of hydrogen-bond acceptors (Lipinski definition) is 4. The van der Waals surface area contributed by atoms with Gasteiger partial charge in [-0.25, -0.2) is 13.2 Å². The molecule has 0 radical (unpaired) electrons. The minimum Gasteiger partial charge on any atom is -0.330 e. The molecule has 1 unspecified atom stereocenters. The number of allylic oxidation sites excluding steroid dienone is 2. The van der Waals surface area contributed by atoms with Gasteiger partial charge in [-0.15, -0.1) is 0 Å². The molecule has 1 aromatic heterocycles. The molecule has 33 heavy (non-hydrogen) atoms. The Hall–Kier alpha value is -3.36. The molecule has 2 N–H and O–H groups in total. The second-order valence-electron chi connectivity index (χ2n) is 6.56. The normalized spacial score (nSPS) is 14.9. The van der Waals surface area contributed by atoms with Gasteiger partial charge in [0.15, 0.2) is 5.83 Å². The highest BCUT2D eigenvalue weighted by Gasteiger charge is 2.28. The van der Waals surface area contributed by atoms with Crippen molar-refractivity contribution < 1.29 is 18.0 Å². The molecule has 0 saturated carbocycles. The van der Waals surface area contributed by atoms with Crippen molar-refractivity contribution in [2.24, 2.45) is 0 Å². The van der Waals surface area contributed by atoms with Crippen molar-refractivity contribution in [2.75, 3.05) is 5.32 Å². The van der Waals surface area contributed by atoms with E-state index in [9.17, 15) is 22.8 Å². The number of nitrogens with one attached hydrogen (secondary N) is 2.